The highest BCUT2D eigenvalue weighted by Crippen LogP contribution is 2.63. The maximum Gasteiger partial charge on any atom is 0.434 e. The van der Waals surface area contributed by atoms with Gasteiger partial charge in [-0.2, -0.15) is 0 Å². The van der Waals surface area contributed by atoms with E-state index in [0.717, 1.165) is 19.4 Å². The van der Waals surface area contributed by atoms with Crippen molar-refractivity contribution in [3.63, 3.8) is 0 Å². The van der Waals surface area contributed by atoms with Gasteiger partial charge in [-0.05, 0) is 30.4 Å². The molecule has 26 heavy (non-hydrogen) atoms. The first-order valence-corrected chi connectivity index (χ1v) is 9.10. The lowest BCUT2D eigenvalue weighted by Gasteiger charge is -2.41. The number of rotatable bonds is 5. The van der Waals surface area contributed by atoms with Crippen molar-refractivity contribution in [2.75, 3.05) is 19.6 Å². The minimum atomic E-state index is -3.05. The molecule has 1 saturated heterocycles. The molecule has 2 aliphatic carbocycles. The number of ether oxygens (including phenoxy) is 1. The Morgan fingerprint density at radius 1 is 1.42 bits per heavy atom. The van der Waals surface area contributed by atoms with E-state index in [1.165, 1.54) is 0 Å². The number of aromatic carboxylic acids is 1. The van der Waals surface area contributed by atoms with Gasteiger partial charge in [-0.15, -0.1) is 0 Å². The van der Waals surface area contributed by atoms with Crippen LogP contribution in [0.3, 0.4) is 0 Å². The Kier molecular flexibility index (Phi) is 3.23. The molecule has 2 atom stereocenters. The highest BCUT2D eigenvalue weighted by atomic mass is 16.6. The normalized spacial score (nSPS) is 30.4. The molecule has 3 fully saturated rings. The first-order chi connectivity index (χ1) is 12.3. The predicted octanol–water partition coefficient (Wildman–Crippen LogP) is -1.22. The number of nitrogens with zero attached hydrogens (tertiary/aromatic N) is 1. The third-order valence-electron chi connectivity index (χ3n) is 6.09. The van der Waals surface area contributed by atoms with E-state index >= 15 is 0 Å². The Morgan fingerprint density at radius 2 is 2.15 bits per heavy atom. The molecule has 0 aromatic heterocycles. The molecule has 1 aromatic carbocycles. The highest BCUT2D eigenvalue weighted by Gasteiger charge is 2.55. The maximum absolute atomic E-state index is 11.7. The minimum absolute atomic E-state index is 0.0266. The quantitative estimate of drug-likeness (QED) is 0.558. The van der Waals surface area contributed by atoms with Crippen LogP contribution in [0.5, 0.6) is 11.5 Å². The highest BCUT2D eigenvalue weighted by molar-refractivity contribution is 6.62. The number of hydrogen-bond donors (Lipinski definition) is 3. The number of carboxylic acids is 1. The van der Waals surface area contributed by atoms with Gasteiger partial charge in [0.25, 0.3) is 0 Å². The van der Waals surface area contributed by atoms with Crippen molar-refractivity contribution in [3.05, 3.63) is 23.3 Å². The molecule has 0 unspecified atom stereocenters. The third kappa shape index (κ3) is 2.58. The van der Waals surface area contributed by atoms with E-state index in [-0.39, 0.29) is 40.4 Å². The van der Waals surface area contributed by atoms with Crippen LogP contribution >= 0.6 is 0 Å². The zero-order valence-corrected chi connectivity index (χ0v) is 14.3. The van der Waals surface area contributed by atoms with E-state index in [2.05, 4.69) is 4.90 Å². The SMILES string of the molecule is NC1(CN2CC(Oc3ccc4c(c3C(=O)[O-])O[B-](O)(O)[C@H]3C[C@@H]43)C2)CC1. The summed E-state index contributed by atoms with van der Waals surface area (Å²) in [4.78, 5) is 13.9. The molecule has 2 heterocycles. The molecule has 4 N–H and O–H groups in total. The summed E-state index contributed by atoms with van der Waals surface area (Å²) in [5, 5.41) is 31.8. The summed E-state index contributed by atoms with van der Waals surface area (Å²) < 4.78 is 11.1. The van der Waals surface area contributed by atoms with Crippen LogP contribution in [-0.4, -0.2) is 58.9 Å². The van der Waals surface area contributed by atoms with Crippen molar-refractivity contribution in [1.82, 2.24) is 4.90 Å². The lowest BCUT2D eigenvalue weighted by atomic mass is 9.68. The summed E-state index contributed by atoms with van der Waals surface area (Å²) >= 11 is 0. The fourth-order valence-electron chi connectivity index (χ4n) is 4.27. The number of likely N-dealkylation sites (tertiary alicyclic amines) is 1. The van der Waals surface area contributed by atoms with E-state index in [9.17, 15) is 19.9 Å². The zero-order chi connectivity index (χ0) is 18.3. The summed E-state index contributed by atoms with van der Waals surface area (Å²) in [7, 11) is 0. The van der Waals surface area contributed by atoms with Gasteiger partial charge in [0.15, 0.2) is 0 Å². The maximum atomic E-state index is 11.7. The second-order valence-electron chi connectivity index (χ2n) is 8.33. The summed E-state index contributed by atoms with van der Waals surface area (Å²) in [6, 6.07) is 3.37. The van der Waals surface area contributed by atoms with Crippen LogP contribution in [0.4, 0.5) is 0 Å². The summed E-state index contributed by atoms with van der Waals surface area (Å²) in [6.07, 6.45) is 2.52. The topological polar surface area (TPSA) is 128 Å². The molecular formula is C17H21BN2O6-2. The van der Waals surface area contributed by atoms with Gasteiger partial charge in [0.1, 0.15) is 11.9 Å². The number of nitrogens with two attached hydrogens (primary N) is 1. The smallest absolute Gasteiger partial charge is 0.434 e. The monoisotopic (exact) mass is 360 g/mol. The van der Waals surface area contributed by atoms with E-state index in [4.69, 9.17) is 15.1 Å². The first-order valence-electron chi connectivity index (χ1n) is 9.10. The van der Waals surface area contributed by atoms with E-state index in [1.807, 2.05) is 0 Å². The van der Waals surface area contributed by atoms with Crippen LogP contribution in [-0.2, 0) is 0 Å². The predicted molar refractivity (Wildman–Crippen MR) is 89.7 cm³/mol. The molecule has 0 amide bonds. The van der Waals surface area contributed by atoms with E-state index in [1.54, 1.807) is 12.1 Å². The van der Waals surface area contributed by atoms with Gasteiger partial charge < -0.3 is 35.1 Å². The van der Waals surface area contributed by atoms with Crippen LogP contribution in [0.1, 0.15) is 41.1 Å². The molecule has 0 radical (unpaired) electrons. The molecule has 0 spiro atoms. The Morgan fingerprint density at radius 3 is 2.81 bits per heavy atom. The number of benzene rings is 1. The second kappa shape index (κ2) is 5.13. The fourth-order valence-corrected chi connectivity index (χ4v) is 4.27. The van der Waals surface area contributed by atoms with Crippen LogP contribution in [0.25, 0.3) is 0 Å². The summed E-state index contributed by atoms with van der Waals surface area (Å²) in [5.41, 5.74) is 6.49. The van der Waals surface area contributed by atoms with Crippen molar-refractivity contribution < 1.29 is 29.3 Å². The number of carbonyl (C=O) groups excluding carboxylic acids is 1. The minimum Gasteiger partial charge on any atom is -0.669 e. The van der Waals surface area contributed by atoms with Crippen LogP contribution in [0.15, 0.2) is 12.1 Å². The Bertz CT molecular complexity index is 790. The molecular weight excluding hydrogens is 339 g/mol. The van der Waals surface area contributed by atoms with Crippen molar-refractivity contribution in [3.8, 4) is 11.5 Å². The standard InChI is InChI=1S/C17H22BN2O6/c19-17(3-4-17)8-20-6-9(7-20)25-13-2-1-10-11-5-12(11)18(23,24)26-15(10)14(13)16(21)22/h1-2,9,11-12,23-24H,3-8,19H2,(H,21,22)/q-1/p-1/t11-,12-/m0/s1. The summed E-state index contributed by atoms with van der Waals surface area (Å²) in [5.74, 6) is -1.78. The van der Waals surface area contributed by atoms with E-state index < -0.39 is 12.7 Å². The summed E-state index contributed by atoms with van der Waals surface area (Å²) in [6.45, 7) is -0.857. The third-order valence-corrected chi connectivity index (χ3v) is 6.09. The largest absolute Gasteiger partial charge is 0.669 e. The van der Waals surface area contributed by atoms with Crippen molar-refractivity contribution in [1.29, 1.82) is 0 Å². The number of carbonyl (C=O) groups is 1. The van der Waals surface area contributed by atoms with Crippen molar-refractivity contribution in [2.45, 2.75) is 42.6 Å². The molecule has 5 rings (SSSR count). The average molecular weight is 360 g/mol. The lowest BCUT2D eigenvalue weighted by Crippen LogP contribution is -2.57. The second-order valence-corrected chi connectivity index (χ2v) is 8.33. The Labute approximate surface area is 150 Å². The molecule has 9 heteroatoms. The number of fused-ring (bicyclic) bond motifs is 3. The molecule has 2 saturated carbocycles. The van der Waals surface area contributed by atoms with Crippen molar-refractivity contribution in [2.24, 2.45) is 5.73 Å². The molecule has 4 aliphatic rings. The van der Waals surface area contributed by atoms with Gasteiger partial charge in [0.2, 0.25) is 0 Å². The van der Waals surface area contributed by atoms with Crippen LogP contribution in [0, 0.1) is 0 Å². The number of hydrogen-bond acceptors (Lipinski definition) is 8. The molecule has 1 aromatic rings. The average Bonchev–Trinajstić information content (AvgIpc) is 3.40. The van der Waals surface area contributed by atoms with Gasteiger partial charge in [-0.25, -0.2) is 0 Å². The first kappa shape index (κ1) is 16.4. The van der Waals surface area contributed by atoms with Gasteiger partial charge in [0, 0.05) is 25.2 Å². The Hall–Kier alpha value is -1.81. The fraction of sp³-hybridized carbons (Fsp3) is 0.588. The molecule has 0 bridgehead atoms. The van der Waals surface area contributed by atoms with Gasteiger partial charge in [-0.3, -0.25) is 4.90 Å². The molecule has 140 valence electrons. The van der Waals surface area contributed by atoms with E-state index in [0.29, 0.717) is 25.1 Å². The lowest BCUT2D eigenvalue weighted by molar-refractivity contribution is -0.255. The van der Waals surface area contributed by atoms with Gasteiger partial charge >= 0.3 is 6.75 Å². The number of carboxylic acid groups (broad SMARTS) is 1. The molecule has 2 aliphatic heterocycles. The van der Waals surface area contributed by atoms with Gasteiger partial charge in [0.05, 0.1) is 17.3 Å². The van der Waals surface area contributed by atoms with Crippen LogP contribution in [0.2, 0.25) is 5.82 Å². The van der Waals surface area contributed by atoms with Crippen molar-refractivity contribution >= 4 is 12.7 Å². The molecule has 8 nitrogen and oxygen atoms in total. The van der Waals surface area contributed by atoms with Crippen LogP contribution < -0.4 is 20.2 Å². The zero-order valence-electron chi connectivity index (χ0n) is 14.3. The van der Waals surface area contributed by atoms with Gasteiger partial charge in [-0.1, -0.05) is 18.3 Å². The Balaban J connectivity index is 1.36.